The lowest BCUT2D eigenvalue weighted by molar-refractivity contribution is 0.474. The fourth-order valence-corrected chi connectivity index (χ4v) is 2.35. The SMILES string of the molecule is Clc1ccnc2nc(C3CCCC3)oc12. The first-order valence-electron chi connectivity index (χ1n) is 5.25. The number of pyridine rings is 1. The van der Waals surface area contributed by atoms with Crippen molar-refractivity contribution in [1.29, 1.82) is 0 Å². The Bertz CT molecular complexity index is 488. The van der Waals surface area contributed by atoms with Crippen LogP contribution >= 0.6 is 11.6 Å². The summed E-state index contributed by atoms with van der Waals surface area (Å²) in [5.41, 5.74) is 1.26. The zero-order valence-electron chi connectivity index (χ0n) is 8.24. The topological polar surface area (TPSA) is 38.9 Å². The van der Waals surface area contributed by atoms with E-state index in [1.807, 2.05) is 0 Å². The highest BCUT2D eigenvalue weighted by molar-refractivity contribution is 6.34. The third-order valence-corrected chi connectivity index (χ3v) is 3.26. The van der Waals surface area contributed by atoms with Crippen molar-refractivity contribution in [2.75, 3.05) is 0 Å². The van der Waals surface area contributed by atoms with E-state index in [2.05, 4.69) is 9.97 Å². The second-order valence-electron chi connectivity index (χ2n) is 3.98. The van der Waals surface area contributed by atoms with Gasteiger partial charge in [-0.3, -0.25) is 0 Å². The summed E-state index contributed by atoms with van der Waals surface area (Å²) in [7, 11) is 0. The predicted octanol–water partition coefficient (Wildman–Crippen LogP) is 3.53. The number of nitrogens with zero attached hydrogens (tertiary/aromatic N) is 2. The first kappa shape index (κ1) is 9.16. The van der Waals surface area contributed by atoms with Crippen LogP contribution in [0.2, 0.25) is 5.02 Å². The van der Waals surface area contributed by atoms with Gasteiger partial charge in [-0.25, -0.2) is 4.98 Å². The summed E-state index contributed by atoms with van der Waals surface area (Å²) in [5, 5.41) is 0.594. The minimum absolute atomic E-state index is 0.468. The molecule has 1 aliphatic rings. The summed E-state index contributed by atoms with van der Waals surface area (Å²) in [6.07, 6.45) is 6.54. The fraction of sp³-hybridized carbons (Fsp3) is 0.455. The molecule has 1 aliphatic carbocycles. The molecule has 1 fully saturated rings. The Morgan fingerprint density at radius 3 is 2.87 bits per heavy atom. The zero-order chi connectivity index (χ0) is 10.3. The van der Waals surface area contributed by atoms with Crippen molar-refractivity contribution in [3.8, 4) is 0 Å². The van der Waals surface area contributed by atoms with E-state index < -0.39 is 0 Å². The second kappa shape index (κ2) is 3.49. The first-order valence-corrected chi connectivity index (χ1v) is 5.63. The molecule has 15 heavy (non-hydrogen) atoms. The summed E-state index contributed by atoms with van der Waals surface area (Å²) in [5.74, 6) is 1.28. The molecule has 0 spiro atoms. The molecule has 3 rings (SSSR count). The molecule has 0 unspecified atom stereocenters. The van der Waals surface area contributed by atoms with Crippen LogP contribution in [0.1, 0.15) is 37.5 Å². The third kappa shape index (κ3) is 1.51. The molecule has 0 aromatic carbocycles. The smallest absolute Gasteiger partial charge is 0.200 e. The highest BCUT2D eigenvalue weighted by atomic mass is 35.5. The largest absolute Gasteiger partial charge is 0.437 e. The van der Waals surface area contributed by atoms with Gasteiger partial charge in [0, 0.05) is 12.1 Å². The molecule has 3 nitrogen and oxygen atoms in total. The van der Waals surface area contributed by atoms with Crippen molar-refractivity contribution in [1.82, 2.24) is 9.97 Å². The van der Waals surface area contributed by atoms with Crippen molar-refractivity contribution >= 4 is 22.8 Å². The van der Waals surface area contributed by atoms with Crippen molar-refractivity contribution in [3.63, 3.8) is 0 Å². The highest BCUT2D eigenvalue weighted by Crippen LogP contribution is 2.35. The number of hydrogen-bond acceptors (Lipinski definition) is 3. The van der Waals surface area contributed by atoms with Gasteiger partial charge in [0.05, 0.1) is 5.02 Å². The van der Waals surface area contributed by atoms with Gasteiger partial charge in [0.15, 0.2) is 17.1 Å². The van der Waals surface area contributed by atoms with Gasteiger partial charge in [-0.05, 0) is 18.9 Å². The van der Waals surface area contributed by atoms with Gasteiger partial charge in [0.1, 0.15) is 0 Å². The quantitative estimate of drug-likeness (QED) is 0.741. The highest BCUT2D eigenvalue weighted by Gasteiger charge is 2.23. The Balaban J connectivity index is 2.09. The van der Waals surface area contributed by atoms with E-state index in [0.29, 0.717) is 22.2 Å². The van der Waals surface area contributed by atoms with E-state index in [1.165, 1.54) is 25.7 Å². The maximum Gasteiger partial charge on any atom is 0.200 e. The van der Waals surface area contributed by atoms with Crippen LogP contribution in [0, 0.1) is 0 Å². The van der Waals surface area contributed by atoms with Crippen LogP contribution in [0.5, 0.6) is 0 Å². The van der Waals surface area contributed by atoms with Gasteiger partial charge in [-0.2, -0.15) is 4.98 Å². The number of fused-ring (bicyclic) bond motifs is 1. The standard InChI is InChI=1S/C11H11ClN2O/c12-8-5-6-13-10-9(8)15-11(14-10)7-3-1-2-4-7/h5-7H,1-4H2. The Kier molecular flexibility index (Phi) is 2.13. The van der Waals surface area contributed by atoms with Crippen molar-refractivity contribution < 1.29 is 4.42 Å². The lowest BCUT2D eigenvalue weighted by Gasteiger charge is -2.00. The van der Waals surface area contributed by atoms with Crippen LogP contribution < -0.4 is 0 Å². The minimum Gasteiger partial charge on any atom is -0.437 e. The van der Waals surface area contributed by atoms with Gasteiger partial charge >= 0.3 is 0 Å². The summed E-state index contributed by atoms with van der Waals surface area (Å²) in [6, 6.07) is 1.73. The molecule has 0 amide bonds. The Hall–Kier alpha value is -1.09. The summed E-state index contributed by atoms with van der Waals surface area (Å²) < 4.78 is 5.68. The molecule has 0 aliphatic heterocycles. The van der Waals surface area contributed by atoms with E-state index in [9.17, 15) is 0 Å². The maximum absolute atomic E-state index is 6.00. The number of oxazole rings is 1. The molecule has 2 aromatic rings. The molecular weight excluding hydrogens is 212 g/mol. The average Bonchev–Trinajstić information content (AvgIpc) is 2.86. The van der Waals surface area contributed by atoms with E-state index in [1.54, 1.807) is 12.3 Å². The van der Waals surface area contributed by atoms with E-state index in [-0.39, 0.29) is 0 Å². The van der Waals surface area contributed by atoms with E-state index in [4.69, 9.17) is 16.0 Å². The van der Waals surface area contributed by atoms with Crippen molar-refractivity contribution in [2.45, 2.75) is 31.6 Å². The van der Waals surface area contributed by atoms with Gasteiger partial charge in [0.2, 0.25) is 0 Å². The van der Waals surface area contributed by atoms with Gasteiger partial charge < -0.3 is 4.42 Å². The molecule has 1 saturated carbocycles. The van der Waals surface area contributed by atoms with Crippen LogP contribution in [-0.4, -0.2) is 9.97 Å². The van der Waals surface area contributed by atoms with E-state index >= 15 is 0 Å². The molecule has 0 bridgehead atoms. The fourth-order valence-electron chi connectivity index (χ4n) is 2.17. The number of halogens is 1. The molecular formula is C11H11ClN2O. The van der Waals surface area contributed by atoms with Gasteiger partial charge in [-0.1, -0.05) is 24.4 Å². The van der Waals surface area contributed by atoms with Crippen LogP contribution in [0.4, 0.5) is 0 Å². The minimum atomic E-state index is 0.468. The Morgan fingerprint density at radius 1 is 1.33 bits per heavy atom. The molecule has 0 N–H and O–H groups in total. The third-order valence-electron chi connectivity index (χ3n) is 2.96. The molecule has 0 atom stereocenters. The Labute approximate surface area is 92.5 Å². The lowest BCUT2D eigenvalue weighted by atomic mass is 10.1. The number of aromatic nitrogens is 2. The number of hydrogen-bond donors (Lipinski definition) is 0. The molecule has 0 saturated heterocycles. The van der Waals surface area contributed by atoms with Crippen LogP contribution in [0.3, 0.4) is 0 Å². The average molecular weight is 223 g/mol. The number of rotatable bonds is 1. The predicted molar refractivity (Wildman–Crippen MR) is 58.0 cm³/mol. The maximum atomic E-state index is 6.00. The van der Waals surface area contributed by atoms with Gasteiger partial charge in [0.25, 0.3) is 0 Å². The first-order chi connectivity index (χ1) is 7.34. The molecule has 4 heteroatoms. The normalized spacial score (nSPS) is 17.7. The van der Waals surface area contributed by atoms with Gasteiger partial charge in [-0.15, -0.1) is 0 Å². The van der Waals surface area contributed by atoms with E-state index in [0.717, 1.165) is 5.89 Å². The summed E-state index contributed by atoms with van der Waals surface area (Å²) in [4.78, 5) is 8.54. The lowest BCUT2D eigenvalue weighted by Crippen LogP contribution is -1.91. The molecule has 2 aromatic heterocycles. The molecule has 2 heterocycles. The Morgan fingerprint density at radius 2 is 2.13 bits per heavy atom. The zero-order valence-corrected chi connectivity index (χ0v) is 9.00. The van der Waals surface area contributed by atoms with Crippen LogP contribution in [0.25, 0.3) is 11.2 Å². The monoisotopic (exact) mass is 222 g/mol. The molecule has 78 valence electrons. The van der Waals surface area contributed by atoms with Crippen LogP contribution in [0.15, 0.2) is 16.7 Å². The molecule has 0 radical (unpaired) electrons. The van der Waals surface area contributed by atoms with Crippen molar-refractivity contribution in [3.05, 3.63) is 23.2 Å². The summed E-state index contributed by atoms with van der Waals surface area (Å²) >= 11 is 6.00. The second-order valence-corrected chi connectivity index (χ2v) is 4.39. The van der Waals surface area contributed by atoms with Crippen LogP contribution in [-0.2, 0) is 0 Å². The van der Waals surface area contributed by atoms with Crippen molar-refractivity contribution in [2.24, 2.45) is 0 Å². The summed E-state index contributed by atoms with van der Waals surface area (Å²) in [6.45, 7) is 0.